The van der Waals surface area contributed by atoms with Gasteiger partial charge in [-0.15, -0.1) is 0 Å². The maximum absolute atomic E-state index is 13.0. The first-order chi connectivity index (χ1) is 12.1. The zero-order valence-electron chi connectivity index (χ0n) is 13.8. The van der Waals surface area contributed by atoms with Crippen LogP contribution in [0.15, 0.2) is 42.7 Å². The number of piperazine rings is 1. The maximum atomic E-state index is 13.0. The molecule has 1 saturated heterocycles. The predicted octanol–water partition coefficient (Wildman–Crippen LogP) is 1.58. The number of amides is 2. The lowest BCUT2D eigenvalue weighted by Crippen LogP contribution is -2.58. The van der Waals surface area contributed by atoms with Crippen molar-refractivity contribution in [3.63, 3.8) is 0 Å². The minimum absolute atomic E-state index is 0.216. The molecule has 6 nitrogen and oxygen atoms in total. The van der Waals surface area contributed by atoms with E-state index in [1.165, 1.54) is 30.5 Å². The van der Waals surface area contributed by atoms with Gasteiger partial charge < -0.3 is 15.5 Å². The molecule has 7 heteroatoms. The number of nitrogens with zero attached hydrogens (tertiary/aromatic N) is 2. The summed E-state index contributed by atoms with van der Waals surface area (Å²) in [5.74, 6) is -0.902. The van der Waals surface area contributed by atoms with Crippen molar-refractivity contribution in [3.8, 4) is 0 Å². The van der Waals surface area contributed by atoms with Crippen LogP contribution in [0, 0.1) is 12.7 Å². The van der Waals surface area contributed by atoms with Crippen molar-refractivity contribution in [3.05, 3.63) is 59.7 Å². The fourth-order valence-corrected chi connectivity index (χ4v) is 2.78. The first-order valence-electron chi connectivity index (χ1n) is 8.05. The summed E-state index contributed by atoms with van der Waals surface area (Å²) >= 11 is 0. The lowest BCUT2D eigenvalue weighted by Gasteiger charge is -2.35. The number of hydrogen-bond acceptors (Lipinski definition) is 4. The molecule has 2 aromatic rings. The highest BCUT2D eigenvalue weighted by atomic mass is 19.1. The van der Waals surface area contributed by atoms with Gasteiger partial charge in [-0.1, -0.05) is 0 Å². The monoisotopic (exact) mass is 342 g/mol. The van der Waals surface area contributed by atoms with Crippen LogP contribution in [0.25, 0.3) is 0 Å². The standard InChI is InChI=1S/C18H19FN4O2/c1-12-6-7-20-10-15(12)18(25)23-9-8-21-11-16(23)17(24)22-14-4-2-13(19)3-5-14/h2-7,10,16,21H,8-9,11H2,1H3,(H,22,24)/t16-/m0/s1. The Hall–Kier alpha value is -2.80. The molecule has 1 atom stereocenters. The molecule has 1 aromatic heterocycles. The molecule has 1 fully saturated rings. The van der Waals surface area contributed by atoms with Gasteiger partial charge in [0.1, 0.15) is 11.9 Å². The Bertz CT molecular complexity index is 779. The molecule has 2 heterocycles. The lowest BCUT2D eigenvalue weighted by molar-refractivity contribution is -0.121. The van der Waals surface area contributed by atoms with Gasteiger partial charge >= 0.3 is 0 Å². The Morgan fingerprint density at radius 3 is 2.76 bits per heavy atom. The number of nitrogens with one attached hydrogen (secondary N) is 2. The molecule has 130 valence electrons. The zero-order chi connectivity index (χ0) is 17.8. The van der Waals surface area contributed by atoms with Crippen LogP contribution in [0.1, 0.15) is 15.9 Å². The number of halogens is 1. The largest absolute Gasteiger partial charge is 0.324 e. The van der Waals surface area contributed by atoms with Crippen molar-refractivity contribution >= 4 is 17.5 Å². The first kappa shape index (κ1) is 17.0. The van der Waals surface area contributed by atoms with Crippen molar-refractivity contribution < 1.29 is 14.0 Å². The van der Waals surface area contributed by atoms with Crippen molar-refractivity contribution in [1.29, 1.82) is 0 Å². The number of carbonyl (C=O) groups is 2. The smallest absolute Gasteiger partial charge is 0.256 e. The van der Waals surface area contributed by atoms with Crippen molar-refractivity contribution in [2.24, 2.45) is 0 Å². The number of rotatable bonds is 3. The third-order valence-electron chi connectivity index (χ3n) is 4.19. The summed E-state index contributed by atoms with van der Waals surface area (Å²) in [7, 11) is 0. The van der Waals surface area contributed by atoms with Gasteiger partial charge in [0.15, 0.2) is 0 Å². The van der Waals surface area contributed by atoms with Gasteiger partial charge in [-0.2, -0.15) is 0 Å². The van der Waals surface area contributed by atoms with E-state index in [2.05, 4.69) is 15.6 Å². The third kappa shape index (κ3) is 3.83. The Morgan fingerprint density at radius 1 is 1.28 bits per heavy atom. The molecule has 2 amide bonds. The second-order valence-electron chi connectivity index (χ2n) is 5.91. The average molecular weight is 342 g/mol. The van der Waals surface area contributed by atoms with Gasteiger partial charge in [0, 0.05) is 37.7 Å². The fraction of sp³-hybridized carbons (Fsp3) is 0.278. The van der Waals surface area contributed by atoms with E-state index < -0.39 is 6.04 Å². The number of aromatic nitrogens is 1. The Balaban J connectivity index is 1.78. The van der Waals surface area contributed by atoms with E-state index in [1.807, 2.05) is 6.92 Å². The van der Waals surface area contributed by atoms with Crippen LogP contribution in [0.3, 0.4) is 0 Å². The predicted molar refractivity (Wildman–Crippen MR) is 91.7 cm³/mol. The Kier molecular flexibility index (Phi) is 5.04. The highest BCUT2D eigenvalue weighted by Crippen LogP contribution is 2.15. The van der Waals surface area contributed by atoms with Crippen molar-refractivity contribution in [2.45, 2.75) is 13.0 Å². The molecule has 1 aliphatic heterocycles. The average Bonchev–Trinajstić information content (AvgIpc) is 2.63. The minimum Gasteiger partial charge on any atom is -0.324 e. The second-order valence-corrected chi connectivity index (χ2v) is 5.91. The molecule has 0 aliphatic carbocycles. The van der Waals surface area contributed by atoms with E-state index in [1.54, 1.807) is 17.2 Å². The van der Waals surface area contributed by atoms with Crippen molar-refractivity contribution in [2.75, 3.05) is 25.0 Å². The minimum atomic E-state index is -0.647. The second kappa shape index (κ2) is 7.40. The summed E-state index contributed by atoms with van der Waals surface area (Å²) < 4.78 is 13.0. The number of benzene rings is 1. The molecule has 2 N–H and O–H groups in total. The molecule has 0 spiro atoms. The molecule has 1 aromatic carbocycles. The molecule has 25 heavy (non-hydrogen) atoms. The van der Waals surface area contributed by atoms with Crippen LogP contribution >= 0.6 is 0 Å². The third-order valence-corrected chi connectivity index (χ3v) is 4.19. The van der Waals surface area contributed by atoms with Crippen molar-refractivity contribution in [1.82, 2.24) is 15.2 Å². The molecule has 0 radical (unpaired) electrons. The Morgan fingerprint density at radius 2 is 2.04 bits per heavy atom. The summed E-state index contributed by atoms with van der Waals surface area (Å²) in [5.41, 5.74) is 1.79. The number of hydrogen-bond donors (Lipinski definition) is 2. The van der Waals surface area contributed by atoms with E-state index in [-0.39, 0.29) is 17.6 Å². The van der Waals surface area contributed by atoms with Gasteiger partial charge in [0.25, 0.3) is 5.91 Å². The number of anilines is 1. The van der Waals surface area contributed by atoms with Gasteiger partial charge in [-0.25, -0.2) is 4.39 Å². The van der Waals surface area contributed by atoms with Crippen LogP contribution in [0.2, 0.25) is 0 Å². The van der Waals surface area contributed by atoms with Gasteiger partial charge in [0.05, 0.1) is 5.56 Å². The van der Waals surface area contributed by atoms with E-state index in [0.717, 1.165) is 5.56 Å². The zero-order valence-corrected chi connectivity index (χ0v) is 13.8. The number of aryl methyl sites for hydroxylation is 1. The van der Waals surface area contributed by atoms with Crippen LogP contribution in [-0.4, -0.2) is 47.4 Å². The topological polar surface area (TPSA) is 74.3 Å². The van der Waals surface area contributed by atoms with Crippen LogP contribution in [0.5, 0.6) is 0 Å². The van der Waals surface area contributed by atoms with Crippen LogP contribution in [0.4, 0.5) is 10.1 Å². The highest BCUT2D eigenvalue weighted by molar-refractivity contribution is 6.02. The first-order valence-corrected chi connectivity index (χ1v) is 8.05. The van der Waals surface area contributed by atoms with Gasteiger partial charge in [0.2, 0.25) is 5.91 Å². The van der Waals surface area contributed by atoms with E-state index in [0.29, 0.717) is 30.9 Å². The molecular weight excluding hydrogens is 323 g/mol. The van der Waals surface area contributed by atoms with Gasteiger partial charge in [-0.3, -0.25) is 14.6 Å². The fourth-order valence-electron chi connectivity index (χ4n) is 2.78. The molecule has 0 bridgehead atoms. The van der Waals surface area contributed by atoms with Crippen LogP contribution in [-0.2, 0) is 4.79 Å². The molecule has 0 unspecified atom stereocenters. The molecular formula is C18H19FN4O2. The van der Waals surface area contributed by atoms with Gasteiger partial charge in [-0.05, 0) is 42.8 Å². The lowest BCUT2D eigenvalue weighted by atomic mass is 10.1. The highest BCUT2D eigenvalue weighted by Gasteiger charge is 2.33. The summed E-state index contributed by atoms with van der Waals surface area (Å²) in [4.78, 5) is 31.1. The summed E-state index contributed by atoms with van der Waals surface area (Å²) in [6, 6.07) is 6.64. The normalized spacial score (nSPS) is 17.2. The summed E-state index contributed by atoms with van der Waals surface area (Å²) in [6.45, 7) is 3.24. The Labute approximate surface area is 145 Å². The quantitative estimate of drug-likeness (QED) is 0.888. The molecule has 3 rings (SSSR count). The van der Waals surface area contributed by atoms with Crippen LogP contribution < -0.4 is 10.6 Å². The number of pyridine rings is 1. The summed E-state index contributed by atoms with van der Waals surface area (Å²) in [5, 5.41) is 5.87. The van der Waals surface area contributed by atoms with E-state index in [9.17, 15) is 14.0 Å². The molecule has 0 saturated carbocycles. The SMILES string of the molecule is Cc1ccncc1C(=O)N1CCNC[C@H]1C(=O)Nc1ccc(F)cc1. The summed E-state index contributed by atoms with van der Waals surface area (Å²) in [6.07, 6.45) is 3.15. The van der Waals surface area contributed by atoms with E-state index in [4.69, 9.17) is 0 Å². The maximum Gasteiger partial charge on any atom is 0.256 e. The van der Waals surface area contributed by atoms with E-state index >= 15 is 0 Å². The number of carbonyl (C=O) groups excluding carboxylic acids is 2. The molecule has 1 aliphatic rings.